The van der Waals surface area contributed by atoms with E-state index in [-0.39, 0.29) is 5.91 Å². The maximum Gasteiger partial charge on any atom is 0.236 e. The molecule has 0 atom stereocenters. The average Bonchev–Trinajstić information content (AvgIpc) is 3.28. The molecule has 1 aromatic carbocycles. The second kappa shape index (κ2) is 5.91. The van der Waals surface area contributed by atoms with E-state index in [1.165, 1.54) is 0 Å². The third kappa shape index (κ3) is 2.35. The molecule has 2 aliphatic heterocycles. The van der Waals surface area contributed by atoms with Crippen LogP contribution < -0.4 is 4.90 Å². The first kappa shape index (κ1) is 17.4. The van der Waals surface area contributed by atoms with Crippen molar-refractivity contribution in [2.24, 2.45) is 7.05 Å². The van der Waals surface area contributed by atoms with E-state index in [4.69, 9.17) is 10.1 Å². The molecule has 3 aromatic rings. The Hall–Kier alpha value is -2.68. The Morgan fingerprint density at radius 1 is 1.21 bits per heavy atom. The lowest BCUT2D eigenvalue weighted by Gasteiger charge is -2.21. The number of carbonyl (C=O) groups is 1. The first-order valence-electron chi connectivity index (χ1n) is 9.20. The van der Waals surface area contributed by atoms with Crippen molar-refractivity contribution in [1.29, 1.82) is 0 Å². The van der Waals surface area contributed by atoms with Crippen molar-refractivity contribution < 1.29 is 4.79 Å². The van der Waals surface area contributed by atoms with Gasteiger partial charge in [0.15, 0.2) is 17.5 Å². The molecular formula is C19H21N7OS. The second-order valence-corrected chi connectivity index (χ2v) is 8.95. The van der Waals surface area contributed by atoms with Crippen LogP contribution in [0.2, 0.25) is 0 Å². The van der Waals surface area contributed by atoms with Crippen LogP contribution in [-0.2, 0) is 17.3 Å². The van der Waals surface area contributed by atoms with Crippen molar-refractivity contribution in [2.75, 3.05) is 23.5 Å². The quantitative estimate of drug-likeness (QED) is 0.676. The van der Waals surface area contributed by atoms with Gasteiger partial charge in [-0.1, -0.05) is 5.21 Å². The van der Waals surface area contributed by atoms with Crippen LogP contribution in [0.1, 0.15) is 31.2 Å². The number of benzene rings is 1. The zero-order chi connectivity index (χ0) is 19.6. The number of carbonyl (C=O) groups excluding carboxylic acids is 1. The van der Waals surface area contributed by atoms with Crippen molar-refractivity contribution in [3.05, 3.63) is 35.8 Å². The minimum atomic E-state index is -0.563. The molecular weight excluding hydrogens is 374 g/mol. The van der Waals surface area contributed by atoms with Gasteiger partial charge >= 0.3 is 0 Å². The molecule has 1 fully saturated rings. The topological polar surface area (TPSA) is 81.7 Å². The summed E-state index contributed by atoms with van der Waals surface area (Å²) in [7, 11) is 3.66. The largest absolute Gasteiger partial charge is 0.314 e. The molecule has 5 rings (SSSR count). The summed E-state index contributed by atoms with van der Waals surface area (Å²) < 4.78 is 3.50. The Kier molecular flexibility index (Phi) is 3.67. The number of likely N-dealkylation sites (N-methyl/N-ethyl adjacent to an activating group) is 1. The van der Waals surface area contributed by atoms with Gasteiger partial charge in [-0.3, -0.25) is 4.79 Å². The fourth-order valence-electron chi connectivity index (χ4n) is 3.82. The van der Waals surface area contributed by atoms with Crippen molar-refractivity contribution >= 4 is 23.4 Å². The van der Waals surface area contributed by atoms with Crippen molar-refractivity contribution in [2.45, 2.75) is 25.2 Å². The normalized spacial score (nSPS) is 18.4. The minimum Gasteiger partial charge on any atom is -0.314 e. The van der Waals surface area contributed by atoms with Gasteiger partial charge in [0, 0.05) is 42.8 Å². The maximum absolute atomic E-state index is 12.6. The van der Waals surface area contributed by atoms with Gasteiger partial charge in [0.05, 0.1) is 11.6 Å². The lowest BCUT2D eigenvalue weighted by atomic mass is 9.85. The number of thioether (sulfide) groups is 1. The van der Waals surface area contributed by atoms with Gasteiger partial charge in [-0.15, -0.1) is 10.2 Å². The molecule has 2 aliphatic rings. The van der Waals surface area contributed by atoms with Gasteiger partial charge in [0.25, 0.3) is 0 Å². The SMILES string of the molecule is CN1C(=O)C(C)(C)c2cc(-c3nc(C4CSC4)nn3-c3cnnn3C)ccc21. The highest BCUT2D eigenvalue weighted by Crippen LogP contribution is 2.43. The van der Waals surface area contributed by atoms with Crippen LogP contribution in [0.3, 0.4) is 0 Å². The van der Waals surface area contributed by atoms with Crippen LogP contribution in [-0.4, -0.2) is 54.2 Å². The number of aryl methyl sites for hydroxylation is 1. The highest BCUT2D eigenvalue weighted by Gasteiger charge is 2.42. The first-order chi connectivity index (χ1) is 13.4. The van der Waals surface area contributed by atoms with E-state index in [0.29, 0.717) is 5.92 Å². The zero-order valence-electron chi connectivity index (χ0n) is 16.2. The highest BCUT2D eigenvalue weighted by atomic mass is 32.2. The van der Waals surface area contributed by atoms with E-state index in [0.717, 1.165) is 45.8 Å². The number of aromatic nitrogens is 6. The molecule has 0 N–H and O–H groups in total. The summed E-state index contributed by atoms with van der Waals surface area (Å²) in [5.74, 6) is 4.93. The van der Waals surface area contributed by atoms with Gasteiger partial charge in [0.2, 0.25) is 5.91 Å². The Bertz CT molecular complexity index is 1100. The Morgan fingerprint density at radius 2 is 2.00 bits per heavy atom. The maximum atomic E-state index is 12.6. The molecule has 1 amide bonds. The van der Waals surface area contributed by atoms with Crippen molar-refractivity contribution in [1.82, 2.24) is 29.8 Å². The smallest absolute Gasteiger partial charge is 0.236 e. The van der Waals surface area contributed by atoms with Gasteiger partial charge in [-0.25, -0.2) is 9.67 Å². The second-order valence-electron chi connectivity index (χ2n) is 7.88. The van der Waals surface area contributed by atoms with Gasteiger partial charge in [-0.2, -0.15) is 16.4 Å². The summed E-state index contributed by atoms with van der Waals surface area (Å²) >= 11 is 1.91. The van der Waals surface area contributed by atoms with Crippen LogP contribution >= 0.6 is 11.8 Å². The number of fused-ring (bicyclic) bond motifs is 1. The van der Waals surface area contributed by atoms with E-state index in [2.05, 4.69) is 16.4 Å². The summed E-state index contributed by atoms with van der Waals surface area (Å²) in [6, 6.07) is 6.07. The number of nitrogens with zero attached hydrogens (tertiary/aromatic N) is 7. The summed E-state index contributed by atoms with van der Waals surface area (Å²) in [6.45, 7) is 3.93. The van der Waals surface area contributed by atoms with Gasteiger partial charge in [-0.05, 0) is 37.6 Å². The lowest BCUT2D eigenvalue weighted by molar-refractivity contribution is -0.121. The fourth-order valence-corrected chi connectivity index (χ4v) is 4.59. The molecule has 0 saturated carbocycles. The number of hydrogen-bond donors (Lipinski definition) is 0. The minimum absolute atomic E-state index is 0.101. The third-order valence-electron chi connectivity index (χ3n) is 5.66. The zero-order valence-corrected chi connectivity index (χ0v) is 17.1. The number of anilines is 1. The molecule has 28 heavy (non-hydrogen) atoms. The monoisotopic (exact) mass is 395 g/mol. The molecule has 0 bridgehead atoms. The van der Waals surface area contributed by atoms with Crippen molar-refractivity contribution in [3.63, 3.8) is 0 Å². The van der Waals surface area contributed by atoms with E-state index < -0.39 is 5.41 Å². The van der Waals surface area contributed by atoms with Gasteiger partial charge < -0.3 is 4.90 Å². The molecule has 4 heterocycles. The molecule has 8 nitrogen and oxygen atoms in total. The van der Waals surface area contributed by atoms with Crippen LogP contribution in [0.4, 0.5) is 5.69 Å². The van der Waals surface area contributed by atoms with Crippen molar-refractivity contribution in [3.8, 4) is 17.2 Å². The van der Waals surface area contributed by atoms with Crippen LogP contribution in [0.15, 0.2) is 24.4 Å². The highest BCUT2D eigenvalue weighted by molar-refractivity contribution is 8.00. The molecule has 0 aliphatic carbocycles. The van der Waals surface area contributed by atoms with E-state index in [1.807, 2.05) is 56.5 Å². The summed E-state index contributed by atoms with van der Waals surface area (Å²) in [4.78, 5) is 19.3. The average molecular weight is 395 g/mol. The summed E-state index contributed by atoms with van der Waals surface area (Å²) in [5.41, 5.74) is 2.33. The summed E-state index contributed by atoms with van der Waals surface area (Å²) in [6.07, 6.45) is 1.69. The number of rotatable bonds is 3. The fraction of sp³-hybridized carbons (Fsp3) is 0.421. The Morgan fingerprint density at radius 3 is 2.64 bits per heavy atom. The molecule has 0 spiro atoms. The van der Waals surface area contributed by atoms with E-state index in [9.17, 15) is 4.79 Å². The Labute approximate surface area is 166 Å². The standard InChI is InChI=1S/C19H21N7OS/c1-19(2)13-7-11(5-6-14(13)24(3)18(19)27)17-21-16(12-9-28-10-12)22-26(17)15-8-20-23-25(15)4/h5-8,12H,9-10H2,1-4H3. The molecule has 0 radical (unpaired) electrons. The number of hydrogen-bond acceptors (Lipinski definition) is 6. The van der Waals surface area contributed by atoms with Crippen LogP contribution in [0.25, 0.3) is 17.2 Å². The van der Waals surface area contributed by atoms with Crippen LogP contribution in [0.5, 0.6) is 0 Å². The molecule has 2 aromatic heterocycles. The molecule has 144 valence electrons. The first-order valence-corrected chi connectivity index (χ1v) is 10.4. The predicted octanol–water partition coefficient (Wildman–Crippen LogP) is 2.15. The molecule has 0 unspecified atom stereocenters. The lowest BCUT2D eigenvalue weighted by Crippen LogP contribution is -2.33. The van der Waals surface area contributed by atoms with E-state index >= 15 is 0 Å². The third-order valence-corrected chi connectivity index (χ3v) is 6.94. The van der Waals surface area contributed by atoms with Crippen LogP contribution in [0, 0.1) is 0 Å². The van der Waals surface area contributed by atoms with Gasteiger partial charge in [0.1, 0.15) is 0 Å². The predicted molar refractivity (Wildman–Crippen MR) is 108 cm³/mol. The molecule has 1 saturated heterocycles. The number of amides is 1. The molecule has 9 heteroatoms. The Balaban J connectivity index is 1.68. The summed E-state index contributed by atoms with van der Waals surface area (Å²) in [5, 5.41) is 12.8. The van der Waals surface area contributed by atoms with E-state index in [1.54, 1.807) is 15.8 Å².